The highest BCUT2D eigenvalue weighted by Crippen LogP contribution is 2.33. The third kappa shape index (κ3) is 2.36. The first kappa shape index (κ1) is 12.2. The van der Waals surface area contributed by atoms with Crippen molar-refractivity contribution in [2.24, 2.45) is 0 Å². The van der Waals surface area contributed by atoms with Crippen molar-refractivity contribution in [2.75, 3.05) is 4.98 Å². The summed E-state index contributed by atoms with van der Waals surface area (Å²) in [7, 11) is -1.38. The van der Waals surface area contributed by atoms with Gasteiger partial charge in [0.25, 0.3) is 0 Å². The molecule has 0 radical (unpaired) electrons. The van der Waals surface area contributed by atoms with E-state index in [0.717, 1.165) is 0 Å². The van der Waals surface area contributed by atoms with Gasteiger partial charge < -0.3 is 4.98 Å². The summed E-state index contributed by atoms with van der Waals surface area (Å²) < 4.78 is 0. The van der Waals surface area contributed by atoms with Crippen LogP contribution in [-0.4, -0.2) is 8.24 Å². The van der Waals surface area contributed by atoms with Crippen molar-refractivity contribution in [1.82, 2.24) is 0 Å². The molecule has 1 N–H and O–H groups in total. The lowest BCUT2D eigenvalue weighted by molar-refractivity contribution is 1.62. The van der Waals surface area contributed by atoms with Crippen LogP contribution in [0.25, 0.3) is 21.5 Å². The quantitative estimate of drug-likeness (QED) is 0.493. The fourth-order valence-electron chi connectivity index (χ4n) is 2.52. The van der Waals surface area contributed by atoms with E-state index in [0.29, 0.717) is 0 Å². The molecule has 3 rings (SSSR count). The predicted octanol–water partition coefficient (Wildman–Crippen LogP) is 5.24. The van der Waals surface area contributed by atoms with Crippen molar-refractivity contribution in [3.8, 4) is 0 Å². The van der Waals surface area contributed by atoms with E-state index < -0.39 is 8.24 Å². The number of nitrogens with one attached hydrogen (secondary N) is 1. The minimum absolute atomic E-state index is 1.30. The van der Waals surface area contributed by atoms with E-state index >= 15 is 0 Å². The Bertz CT molecular complexity index is 687. The summed E-state index contributed by atoms with van der Waals surface area (Å²) in [4.78, 5) is 3.81. The van der Waals surface area contributed by atoms with Gasteiger partial charge in [-0.25, -0.2) is 0 Å². The number of hydrogen-bond acceptors (Lipinski definition) is 1. The molecule has 0 amide bonds. The van der Waals surface area contributed by atoms with Crippen LogP contribution in [0.5, 0.6) is 0 Å². The van der Waals surface area contributed by atoms with Crippen molar-refractivity contribution in [2.45, 2.75) is 19.6 Å². The molecular formula is C17H19NSi. The van der Waals surface area contributed by atoms with E-state index in [1.54, 1.807) is 0 Å². The molecule has 3 aromatic rings. The molecule has 19 heavy (non-hydrogen) atoms. The first-order valence-corrected chi connectivity index (χ1v) is 10.2. The molecule has 1 nitrogen and oxygen atoms in total. The number of anilines is 1. The molecule has 0 unspecified atom stereocenters. The Morgan fingerprint density at radius 1 is 0.737 bits per heavy atom. The molecule has 0 bridgehead atoms. The van der Waals surface area contributed by atoms with Crippen LogP contribution in [-0.2, 0) is 0 Å². The maximum atomic E-state index is 3.81. The highest BCUT2D eigenvalue weighted by atomic mass is 28.3. The predicted molar refractivity (Wildman–Crippen MR) is 88.4 cm³/mol. The average Bonchev–Trinajstić information content (AvgIpc) is 2.37. The number of rotatable bonds is 2. The second-order valence-electron chi connectivity index (χ2n) is 6.07. The minimum atomic E-state index is -1.38. The summed E-state index contributed by atoms with van der Waals surface area (Å²) in [6.07, 6.45) is 0. The van der Waals surface area contributed by atoms with Gasteiger partial charge in [0.05, 0.1) is 0 Å². The third-order valence-electron chi connectivity index (χ3n) is 3.27. The zero-order chi connectivity index (χ0) is 13.5. The zero-order valence-electron chi connectivity index (χ0n) is 11.7. The number of benzene rings is 3. The zero-order valence-corrected chi connectivity index (χ0v) is 12.7. The summed E-state index contributed by atoms with van der Waals surface area (Å²) >= 11 is 0. The van der Waals surface area contributed by atoms with Gasteiger partial charge in [-0.1, -0.05) is 68.2 Å². The molecule has 0 spiro atoms. The Labute approximate surface area is 115 Å². The van der Waals surface area contributed by atoms with Gasteiger partial charge in [-0.3, -0.25) is 0 Å². The molecule has 96 valence electrons. The van der Waals surface area contributed by atoms with E-state index in [1.807, 2.05) is 0 Å². The second-order valence-corrected chi connectivity index (χ2v) is 10.8. The second kappa shape index (κ2) is 4.39. The molecule has 0 atom stereocenters. The molecule has 0 aliphatic heterocycles. The summed E-state index contributed by atoms with van der Waals surface area (Å²) in [5.74, 6) is 0. The number of fused-ring (bicyclic) bond motifs is 2. The van der Waals surface area contributed by atoms with Crippen LogP contribution in [0.3, 0.4) is 0 Å². The number of hydrogen-bond donors (Lipinski definition) is 1. The maximum absolute atomic E-state index is 3.81. The lowest BCUT2D eigenvalue weighted by atomic mass is 10.0. The van der Waals surface area contributed by atoms with E-state index in [9.17, 15) is 0 Å². The minimum Gasteiger partial charge on any atom is -0.410 e. The topological polar surface area (TPSA) is 12.0 Å². The van der Waals surface area contributed by atoms with Gasteiger partial charge in [0.1, 0.15) is 8.24 Å². The van der Waals surface area contributed by atoms with Gasteiger partial charge in [-0.05, 0) is 16.8 Å². The summed E-state index contributed by atoms with van der Waals surface area (Å²) in [5.41, 5.74) is 1.30. The van der Waals surface area contributed by atoms with E-state index in [-0.39, 0.29) is 0 Å². The Balaban J connectivity index is 2.39. The monoisotopic (exact) mass is 265 g/mol. The van der Waals surface area contributed by atoms with Crippen LogP contribution in [0, 0.1) is 0 Å². The molecule has 0 aromatic heterocycles. The van der Waals surface area contributed by atoms with E-state index in [2.05, 4.69) is 79.2 Å². The Kier molecular flexibility index (Phi) is 2.83. The van der Waals surface area contributed by atoms with Crippen LogP contribution in [0.1, 0.15) is 0 Å². The molecule has 0 aliphatic carbocycles. The lowest BCUT2D eigenvalue weighted by Gasteiger charge is -2.23. The lowest BCUT2D eigenvalue weighted by Crippen LogP contribution is -2.32. The molecule has 0 fully saturated rings. The van der Waals surface area contributed by atoms with Crippen molar-refractivity contribution < 1.29 is 0 Å². The normalized spacial score (nSPS) is 11.9. The first-order chi connectivity index (χ1) is 9.04. The Morgan fingerprint density at radius 3 is 1.68 bits per heavy atom. The van der Waals surface area contributed by atoms with Gasteiger partial charge in [0.15, 0.2) is 0 Å². The van der Waals surface area contributed by atoms with Gasteiger partial charge in [-0.2, -0.15) is 0 Å². The van der Waals surface area contributed by atoms with Gasteiger partial charge in [0, 0.05) is 16.5 Å². The molecule has 2 heteroatoms. The highest BCUT2D eigenvalue weighted by Gasteiger charge is 2.16. The van der Waals surface area contributed by atoms with Crippen molar-refractivity contribution in [1.29, 1.82) is 0 Å². The summed E-state index contributed by atoms with van der Waals surface area (Å²) in [6, 6.07) is 19.5. The first-order valence-electron chi connectivity index (χ1n) is 6.73. The fourth-order valence-corrected chi connectivity index (χ4v) is 3.54. The van der Waals surface area contributed by atoms with Crippen LogP contribution >= 0.6 is 0 Å². The van der Waals surface area contributed by atoms with Crippen LogP contribution < -0.4 is 4.98 Å². The smallest absolute Gasteiger partial charge is 0.144 e. The maximum Gasteiger partial charge on any atom is 0.144 e. The van der Waals surface area contributed by atoms with Crippen molar-refractivity contribution >= 4 is 35.5 Å². The van der Waals surface area contributed by atoms with Gasteiger partial charge in [-0.15, -0.1) is 0 Å². The molecule has 3 aromatic carbocycles. The standard InChI is InChI=1S/C17H19NSi/c1-19(2,3)18-17-15-10-6-4-8-13(15)12-14-9-5-7-11-16(14)17/h4-12,18H,1-3H3. The van der Waals surface area contributed by atoms with Gasteiger partial charge in [0.2, 0.25) is 0 Å². The van der Waals surface area contributed by atoms with Crippen LogP contribution in [0.2, 0.25) is 19.6 Å². The highest BCUT2D eigenvalue weighted by molar-refractivity contribution is 6.79. The average molecular weight is 265 g/mol. The van der Waals surface area contributed by atoms with Crippen molar-refractivity contribution in [3.63, 3.8) is 0 Å². The summed E-state index contributed by atoms with van der Waals surface area (Å²) in [6.45, 7) is 7.01. The van der Waals surface area contributed by atoms with Gasteiger partial charge >= 0.3 is 0 Å². The van der Waals surface area contributed by atoms with E-state index in [1.165, 1.54) is 27.2 Å². The Morgan fingerprint density at radius 2 is 1.21 bits per heavy atom. The van der Waals surface area contributed by atoms with Crippen molar-refractivity contribution in [3.05, 3.63) is 54.6 Å². The molecule has 0 saturated carbocycles. The van der Waals surface area contributed by atoms with Crippen LogP contribution in [0.4, 0.5) is 5.69 Å². The van der Waals surface area contributed by atoms with E-state index in [4.69, 9.17) is 0 Å². The molecule has 0 aliphatic rings. The molecule has 0 heterocycles. The van der Waals surface area contributed by atoms with Crippen LogP contribution in [0.15, 0.2) is 54.6 Å². The molecular weight excluding hydrogens is 246 g/mol. The third-order valence-corrected chi connectivity index (χ3v) is 4.27. The fraction of sp³-hybridized carbons (Fsp3) is 0.176. The summed E-state index contributed by atoms with van der Waals surface area (Å²) in [5, 5.41) is 5.26. The SMILES string of the molecule is C[Si](C)(C)Nc1c2ccccc2cc2ccccc12. The largest absolute Gasteiger partial charge is 0.410 e. The molecule has 0 saturated heterocycles. The Hall–Kier alpha value is -1.80.